The van der Waals surface area contributed by atoms with Gasteiger partial charge in [-0.15, -0.1) is 12.4 Å². The zero-order chi connectivity index (χ0) is 10.9. The van der Waals surface area contributed by atoms with E-state index in [0.717, 1.165) is 10.0 Å². The Morgan fingerprint density at radius 2 is 1.87 bits per heavy atom. The highest BCUT2D eigenvalue weighted by Crippen LogP contribution is 2.36. The Labute approximate surface area is 105 Å². The highest BCUT2D eigenvalue weighted by atomic mass is 79.9. The summed E-state index contributed by atoms with van der Waals surface area (Å²) in [4.78, 5) is 0. The lowest BCUT2D eigenvalue weighted by molar-refractivity contribution is 0.317. The molecule has 0 saturated carbocycles. The summed E-state index contributed by atoms with van der Waals surface area (Å²) in [5, 5.41) is 9.67. The van der Waals surface area contributed by atoms with Crippen LogP contribution >= 0.6 is 28.3 Å². The zero-order valence-electron chi connectivity index (χ0n) is 9.12. The predicted molar refractivity (Wildman–Crippen MR) is 69.4 cm³/mol. The highest BCUT2D eigenvalue weighted by Gasteiger charge is 2.24. The molecule has 0 spiro atoms. The normalized spacial score (nSPS) is 13.1. The van der Waals surface area contributed by atoms with Crippen molar-refractivity contribution in [2.45, 2.75) is 26.8 Å². The molecule has 0 bridgehead atoms. The standard InChI is InChI=1S/C11H16BrNO.ClH/c1-11(2,3)10(13)8-6-7(12)4-5-9(8)14;/h4-6,10,14H,13H2,1-3H3;1H/t10-;/m0./s1. The van der Waals surface area contributed by atoms with Gasteiger partial charge >= 0.3 is 0 Å². The molecule has 0 aliphatic rings. The lowest BCUT2D eigenvalue weighted by Crippen LogP contribution is -2.26. The van der Waals surface area contributed by atoms with E-state index in [0.29, 0.717) is 0 Å². The molecule has 15 heavy (non-hydrogen) atoms. The minimum atomic E-state index is -0.167. The Morgan fingerprint density at radius 3 is 2.33 bits per heavy atom. The van der Waals surface area contributed by atoms with E-state index in [1.807, 2.05) is 6.07 Å². The number of phenols is 1. The average molecular weight is 295 g/mol. The van der Waals surface area contributed by atoms with Gasteiger partial charge in [-0.1, -0.05) is 36.7 Å². The molecular formula is C11H17BrClNO. The van der Waals surface area contributed by atoms with Crippen LogP contribution < -0.4 is 5.73 Å². The van der Waals surface area contributed by atoms with Crippen LogP contribution in [0.4, 0.5) is 0 Å². The maximum Gasteiger partial charge on any atom is 0.120 e. The Bertz CT molecular complexity index is 336. The SMILES string of the molecule is CC(C)(C)[C@@H](N)c1cc(Br)ccc1O.Cl. The van der Waals surface area contributed by atoms with Crippen LogP contribution in [0.5, 0.6) is 5.75 Å². The van der Waals surface area contributed by atoms with Crippen LogP contribution in [0.15, 0.2) is 22.7 Å². The Hall–Kier alpha value is -0.250. The molecule has 2 nitrogen and oxygen atoms in total. The number of phenolic OH excluding ortho intramolecular Hbond substituents is 1. The van der Waals surface area contributed by atoms with E-state index in [2.05, 4.69) is 36.7 Å². The van der Waals surface area contributed by atoms with Crippen molar-refractivity contribution < 1.29 is 5.11 Å². The van der Waals surface area contributed by atoms with Crippen molar-refractivity contribution in [2.75, 3.05) is 0 Å². The molecule has 86 valence electrons. The van der Waals surface area contributed by atoms with Crippen molar-refractivity contribution in [2.24, 2.45) is 11.1 Å². The molecule has 0 aromatic heterocycles. The molecule has 0 radical (unpaired) electrons. The number of halogens is 2. The first-order valence-electron chi connectivity index (χ1n) is 4.56. The molecule has 4 heteroatoms. The van der Waals surface area contributed by atoms with Crippen LogP contribution in [0.1, 0.15) is 32.4 Å². The molecule has 0 aliphatic heterocycles. The fourth-order valence-electron chi connectivity index (χ4n) is 1.24. The van der Waals surface area contributed by atoms with Crippen molar-refractivity contribution in [1.82, 2.24) is 0 Å². The van der Waals surface area contributed by atoms with Crippen molar-refractivity contribution in [3.63, 3.8) is 0 Å². The van der Waals surface area contributed by atoms with E-state index in [1.54, 1.807) is 12.1 Å². The van der Waals surface area contributed by atoms with E-state index in [9.17, 15) is 5.11 Å². The average Bonchev–Trinajstić information content (AvgIpc) is 2.06. The summed E-state index contributed by atoms with van der Waals surface area (Å²) in [6.45, 7) is 6.16. The number of hydrogen-bond acceptors (Lipinski definition) is 2. The quantitative estimate of drug-likeness (QED) is 0.831. The molecule has 1 atom stereocenters. The Kier molecular flexibility index (Phi) is 5.10. The van der Waals surface area contributed by atoms with Gasteiger partial charge in [0.1, 0.15) is 5.75 Å². The molecule has 0 aliphatic carbocycles. The molecule has 1 aromatic rings. The van der Waals surface area contributed by atoms with Crippen LogP contribution in [-0.2, 0) is 0 Å². The number of hydrogen-bond donors (Lipinski definition) is 2. The molecule has 1 aromatic carbocycles. The van der Waals surface area contributed by atoms with Crippen LogP contribution in [-0.4, -0.2) is 5.11 Å². The maximum atomic E-state index is 9.67. The summed E-state index contributed by atoms with van der Waals surface area (Å²) in [6.07, 6.45) is 0. The Balaban J connectivity index is 0.00000196. The summed E-state index contributed by atoms with van der Waals surface area (Å²) in [7, 11) is 0. The lowest BCUT2D eigenvalue weighted by Gasteiger charge is -2.28. The summed E-state index contributed by atoms with van der Waals surface area (Å²) in [5.41, 5.74) is 6.79. The summed E-state index contributed by atoms with van der Waals surface area (Å²) >= 11 is 3.36. The minimum absolute atomic E-state index is 0. The first-order valence-corrected chi connectivity index (χ1v) is 5.35. The second-order valence-corrected chi connectivity index (χ2v) is 5.46. The molecule has 1 rings (SSSR count). The first kappa shape index (κ1) is 14.8. The molecule has 0 heterocycles. The van der Waals surface area contributed by atoms with Crippen molar-refractivity contribution >= 4 is 28.3 Å². The van der Waals surface area contributed by atoms with Gasteiger partial charge in [-0.05, 0) is 23.6 Å². The van der Waals surface area contributed by atoms with Gasteiger partial charge in [0.05, 0.1) is 0 Å². The second-order valence-electron chi connectivity index (χ2n) is 4.55. The maximum absolute atomic E-state index is 9.67. The van der Waals surface area contributed by atoms with Gasteiger partial charge in [0.2, 0.25) is 0 Å². The Morgan fingerprint density at radius 1 is 1.33 bits per heavy atom. The van der Waals surface area contributed by atoms with Gasteiger partial charge in [-0.2, -0.15) is 0 Å². The van der Waals surface area contributed by atoms with E-state index in [-0.39, 0.29) is 29.6 Å². The first-order chi connectivity index (χ1) is 6.32. The lowest BCUT2D eigenvalue weighted by atomic mass is 9.83. The molecule has 0 unspecified atom stereocenters. The van der Waals surface area contributed by atoms with Crippen molar-refractivity contribution in [3.05, 3.63) is 28.2 Å². The van der Waals surface area contributed by atoms with E-state index in [1.165, 1.54) is 0 Å². The highest BCUT2D eigenvalue weighted by molar-refractivity contribution is 9.10. The predicted octanol–water partition coefficient (Wildman–Crippen LogP) is 3.62. The monoisotopic (exact) mass is 293 g/mol. The molecule has 0 amide bonds. The van der Waals surface area contributed by atoms with E-state index >= 15 is 0 Å². The fraction of sp³-hybridized carbons (Fsp3) is 0.455. The molecular weight excluding hydrogens is 277 g/mol. The van der Waals surface area contributed by atoms with Gasteiger partial charge in [0.15, 0.2) is 0 Å². The molecule has 3 N–H and O–H groups in total. The van der Waals surface area contributed by atoms with E-state index < -0.39 is 0 Å². The fourth-order valence-corrected chi connectivity index (χ4v) is 1.62. The van der Waals surface area contributed by atoms with Crippen LogP contribution in [0.25, 0.3) is 0 Å². The third-order valence-corrected chi connectivity index (χ3v) is 2.75. The number of rotatable bonds is 1. The third-order valence-electron chi connectivity index (χ3n) is 2.26. The van der Waals surface area contributed by atoms with Crippen LogP contribution in [0.3, 0.4) is 0 Å². The summed E-state index contributed by atoms with van der Waals surface area (Å²) < 4.78 is 0.935. The number of nitrogens with two attached hydrogens (primary N) is 1. The topological polar surface area (TPSA) is 46.2 Å². The van der Waals surface area contributed by atoms with Gasteiger partial charge in [0, 0.05) is 16.1 Å². The minimum Gasteiger partial charge on any atom is -0.508 e. The van der Waals surface area contributed by atoms with Crippen molar-refractivity contribution in [3.8, 4) is 5.75 Å². The van der Waals surface area contributed by atoms with Gasteiger partial charge in [-0.25, -0.2) is 0 Å². The molecule has 0 fully saturated rings. The third kappa shape index (κ3) is 3.67. The second kappa shape index (κ2) is 5.19. The van der Waals surface area contributed by atoms with Gasteiger partial charge in [-0.3, -0.25) is 0 Å². The van der Waals surface area contributed by atoms with Crippen LogP contribution in [0, 0.1) is 5.41 Å². The van der Waals surface area contributed by atoms with Crippen molar-refractivity contribution in [1.29, 1.82) is 0 Å². The largest absolute Gasteiger partial charge is 0.508 e. The van der Waals surface area contributed by atoms with Gasteiger partial charge < -0.3 is 10.8 Å². The number of aromatic hydroxyl groups is 1. The van der Waals surface area contributed by atoms with E-state index in [4.69, 9.17) is 5.73 Å². The smallest absolute Gasteiger partial charge is 0.120 e. The zero-order valence-corrected chi connectivity index (χ0v) is 11.5. The number of benzene rings is 1. The van der Waals surface area contributed by atoms with Gasteiger partial charge in [0.25, 0.3) is 0 Å². The summed E-state index contributed by atoms with van der Waals surface area (Å²) in [5.74, 6) is 0.260. The summed E-state index contributed by atoms with van der Waals surface area (Å²) in [6, 6.07) is 5.16. The molecule has 0 saturated heterocycles. The van der Waals surface area contributed by atoms with Crippen LogP contribution in [0.2, 0.25) is 0 Å².